The van der Waals surface area contributed by atoms with Crippen LogP contribution in [0.5, 0.6) is 0 Å². The first-order valence-electron chi connectivity index (χ1n) is 6.05. The van der Waals surface area contributed by atoms with Crippen LogP contribution in [0.1, 0.15) is 15.9 Å². The Morgan fingerprint density at radius 3 is 2.45 bits per heavy atom. The smallest absolute Gasteiger partial charge is 0.187 e. The number of hydrogen-bond donors (Lipinski definition) is 1. The van der Waals surface area contributed by atoms with Gasteiger partial charge in [0.15, 0.2) is 5.78 Å². The number of carbonyl (C=O) groups excluding carboxylic acids is 1. The molecule has 0 aliphatic rings. The van der Waals surface area contributed by atoms with Crippen LogP contribution >= 0.6 is 23.2 Å². The molecule has 2 nitrogen and oxygen atoms in total. The first-order chi connectivity index (χ1) is 9.56. The Kier molecular flexibility index (Phi) is 4.83. The van der Waals surface area contributed by atoms with E-state index in [1.807, 2.05) is 19.1 Å². The van der Waals surface area contributed by atoms with Gasteiger partial charge in [0.1, 0.15) is 0 Å². The third-order valence-electron chi connectivity index (χ3n) is 2.74. The van der Waals surface area contributed by atoms with Gasteiger partial charge in [-0.3, -0.25) is 4.79 Å². The molecule has 0 aromatic heterocycles. The summed E-state index contributed by atoms with van der Waals surface area (Å²) < 4.78 is 0. The second-order valence-corrected chi connectivity index (χ2v) is 5.18. The number of aryl methyl sites for hydroxylation is 1. The van der Waals surface area contributed by atoms with Crippen LogP contribution in [0.2, 0.25) is 10.0 Å². The Morgan fingerprint density at radius 1 is 1.10 bits per heavy atom. The van der Waals surface area contributed by atoms with E-state index in [1.165, 1.54) is 6.08 Å². The Hall–Kier alpha value is -1.77. The number of allylic oxidation sites excluding steroid dienone is 1. The number of hydrogen-bond acceptors (Lipinski definition) is 2. The molecule has 0 atom stereocenters. The van der Waals surface area contributed by atoms with Gasteiger partial charge in [-0.05, 0) is 25.1 Å². The van der Waals surface area contributed by atoms with Crippen LogP contribution in [-0.4, -0.2) is 5.78 Å². The summed E-state index contributed by atoms with van der Waals surface area (Å²) in [6, 6.07) is 12.5. The third-order valence-corrected chi connectivity index (χ3v) is 3.29. The van der Waals surface area contributed by atoms with Crippen molar-refractivity contribution in [1.82, 2.24) is 0 Å². The molecule has 0 saturated heterocycles. The van der Waals surface area contributed by atoms with E-state index >= 15 is 0 Å². The van der Waals surface area contributed by atoms with Gasteiger partial charge >= 0.3 is 0 Å². The number of nitrogens with one attached hydrogen (secondary N) is 1. The lowest BCUT2D eigenvalue weighted by molar-refractivity contribution is 0.104. The Morgan fingerprint density at radius 2 is 1.80 bits per heavy atom. The summed E-state index contributed by atoms with van der Waals surface area (Å²) in [6.07, 6.45) is 3.03. The van der Waals surface area contributed by atoms with Gasteiger partial charge in [-0.25, -0.2) is 0 Å². The van der Waals surface area contributed by atoms with E-state index in [1.54, 1.807) is 36.5 Å². The molecule has 0 spiro atoms. The summed E-state index contributed by atoms with van der Waals surface area (Å²) in [5, 5.41) is 4.03. The van der Waals surface area contributed by atoms with E-state index < -0.39 is 0 Å². The van der Waals surface area contributed by atoms with E-state index in [0.29, 0.717) is 21.3 Å². The van der Waals surface area contributed by atoms with Gasteiger partial charge in [-0.15, -0.1) is 0 Å². The lowest BCUT2D eigenvalue weighted by Crippen LogP contribution is -1.96. The van der Waals surface area contributed by atoms with Crippen LogP contribution in [0.15, 0.2) is 54.7 Å². The highest BCUT2D eigenvalue weighted by molar-refractivity contribution is 6.36. The SMILES string of the molecule is Cc1ccc(C(=O)/C=C/Nc2ccc(Cl)cc2Cl)cc1. The lowest BCUT2D eigenvalue weighted by Gasteiger charge is -2.03. The van der Waals surface area contributed by atoms with Gasteiger partial charge in [0.05, 0.1) is 10.7 Å². The molecule has 0 aliphatic heterocycles. The molecule has 0 aliphatic carbocycles. The van der Waals surface area contributed by atoms with Crippen LogP contribution in [0.4, 0.5) is 5.69 Å². The first-order valence-corrected chi connectivity index (χ1v) is 6.81. The van der Waals surface area contributed by atoms with E-state index in [0.717, 1.165) is 5.56 Å². The summed E-state index contributed by atoms with van der Waals surface area (Å²) in [5.74, 6) is -0.0671. The quantitative estimate of drug-likeness (QED) is 0.628. The predicted octanol–water partition coefficient (Wildman–Crippen LogP) is 5.11. The minimum absolute atomic E-state index is 0.0671. The summed E-state index contributed by atoms with van der Waals surface area (Å²) >= 11 is 11.8. The third kappa shape index (κ3) is 3.86. The molecule has 4 heteroatoms. The topological polar surface area (TPSA) is 29.1 Å². The Labute approximate surface area is 128 Å². The monoisotopic (exact) mass is 305 g/mol. The molecule has 0 radical (unpaired) electrons. The molecule has 1 N–H and O–H groups in total. The summed E-state index contributed by atoms with van der Waals surface area (Å²) in [4.78, 5) is 11.9. The van der Waals surface area contributed by atoms with Crippen molar-refractivity contribution in [2.75, 3.05) is 5.32 Å². The van der Waals surface area contributed by atoms with E-state index in [4.69, 9.17) is 23.2 Å². The van der Waals surface area contributed by atoms with Crippen molar-refractivity contribution in [3.05, 3.63) is 75.9 Å². The maximum absolute atomic E-state index is 11.9. The van der Waals surface area contributed by atoms with Crippen molar-refractivity contribution in [3.63, 3.8) is 0 Å². The Bertz CT molecular complexity index is 648. The Balaban J connectivity index is 2.02. The van der Waals surface area contributed by atoms with Crippen LogP contribution in [-0.2, 0) is 0 Å². The largest absolute Gasteiger partial charge is 0.360 e. The van der Waals surface area contributed by atoms with Gasteiger partial charge in [0, 0.05) is 22.9 Å². The molecule has 2 aromatic carbocycles. The second kappa shape index (κ2) is 6.60. The van der Waals surface area contributed by atoms with Gasteiger partial charge in [0.2, 0.25) is 0 Å². The van der Waals surface area contributed by atoms with Crippen molar-refractivity contribution >= 4 is 34.7 Å². The number of anilines is 1. The zero-order valence-corrected chi connectivity index (χ0v) is 12.4. The van der Waals surface area contributed by atoms with Crippen LogP contribution < -0.4 is 5.32 Å². The zero-order chi connectivity index (χ0) is 14.5. The van der Waals surface area contributed by atoms with Gasteiger partial charge < -0.3 is 5.32 Å². The number of rotatable bonds is 4. The average molecular weight is 306 g/mol. The molecule has 0 amide bonds. The summed E-state index contributed by atoms with van der Waals surface area (Å²) in [5.41, 5.74) is 2.47. The minimum Gasteiger partial charge on any atom is -0.360 e. The normalized spacial score (nSPS) is 10.8. The van der Waals surface area contributed by atoms with Crippen molar-refractivity contribution in [1.29, 1.82) is 0 Å². The van der Waals surface area contributed by atoms with Crippen molar-refractivity contribution in [3.8, 4) is 0 Å². The molecule has 0 heterocycles. The van der Waals surface area contributed by atoms with Crippen molar-refractivity contribution in [2.45, 2.75) is 6.92 Å². The van der Waals surface area contributed by atoms with Gasteiger partial charge in [0.25, 0.3) is 0 Å². The van der Waals surface area contributed by atoms with Crippen LogP contribution in [0.3, 0.4) is 0 Å². The lowest BCUT2D eigenvalue weighted by atomic mass is 10.1. The molecule has 0 saturated carbocycles. The second-order valence-electron chi connectivity index (χ2n) is 4.33. The molecule has 102 valence electrons. The predicted molar refractivity (Wildman–Crippen MR) is 84.7 cm³/mol. The molecule has 2 aromatic rings. The highest BCUT2D eigenvalue weighted by atomic mass is 35.5. The number of benzene rings is 2. The first kappa shape index (κ1) is 14.6. The number of halogens is 2. The van der Waals surface area contributed by atoms with Crippen LogP contribution in [0, 0.1) is 6.92 Å². The molecule has 0 bridgehead atoms. The van der Waals surface area contributed by atoms with Gasteiger partial charge in [-0.2, -0.15) is 0 Å². The number of ketones is 1. The molecular weight excluding hydrogens is 293 g/mol. The van der Waals surface area contributed by atoms with E-state index in [9.17, 15) is 4.79 Å². The van der Waals surface area contributed by atoms with Crippen LogP contribution in [0.25, 0.3) is 0 Å². The fourth-order valence-electron chi connectivity index (χ4n) is 1.63. The van der Waals surface area contributed by atoms with Gasteiger partial charge in [-0.1, -0.05) is 53.0 Å². The zero-order valence-electron chi connectivity index (χ0n) is 10.9. The maximum Gasteiger partial charge on any atom is 0.187 e. The highest BCUT2D eigenvalue weighted by Gasteiger charge is 2.01. The molecule has 20 heavy (non-hydrogen) atoms. The summed E-state index contributed by atoms with van der Waals surface area (Å²) in [7, 11) is 0. The van der Waals surface area contributed by atoms with E-state index in [-0.39, 0.29) is 5.78 Å². The minimum atomic E-state index is -0.0671. The average Bonchev–Trinajstić information content (AvgIpc) is 2.42. The fourth-order valence-corrected chi connectivity index (χ4v) is 2.09. The standard InChI is InChI=1S/C16H13Cl2NO/c1-11-2-4-12(5-3-11)16(20)8-9-19-15-7-6-13(17)10-14(15)18/h2-10,19H,1H3/b9-8+. The molecule has 0 unspecified atom stereocenters. The molecule has 0 fully saturated rings. The maximum atomic E-state index is 11.9. The van der Waals surface area contributed by atoms with Crippen molar-refractivity contribution in [2.24, 2.45) is 0 Å². The highest BCUT2D eigenvalue weighted by Crippen LogP contribution is 2.25. The fraction of sp³-hybridized carbons (Fsp3) is 0.0625. The molecule has 2 rings (SSSR count). The van der Waals surface area contributed by atoms with Crippen molar-refractivity contribution < 1.29 is 4.79 Å². The van der Waals surface area contributed by atoms with E-state index in [2.05, 4.69) is 5.32 Å². The number of carbonyl (C=O) groups is 1. The molecular formula is C16H13Cl2NO. The summed E-state index contributed by atoms with van der Waals surface area (Å²) in [6.45, 7) is 1.98.